The molecule has 0 atom stereocenters. The van der Waals surface area contributed by atoms with Gasteiger partial charge in [-0.3, -0.25) is 10.2 Å². The van der Waals surface area contributed by atoms with Crippen molar-refractivity contribution >= 4 is 35.1 Å². The summed E-state index contributed by atoms with van der Waals surface area (Å²) in [6, 6.07) is 5.47. The van der Waals surface area contributed by atoms with E-state index in [1.165, 1.54) is 51.8 Å². The van der Waals surface area contributed by atoms with Crippen LogP contribution in [0.25, 0.3) is 0 Å². The molecule has 0 radical (unpaired) electrons. The number of rotatable bonds is 12. The van der Waals surface area contributed by atoms with Gasteiger partial charge in [0.05, 0.1) is 24.0 Å². The third kappa shape index (κ3) is 7.71. The molecule has 158 valence electrons. The molecule has 2 aromatic rings. The van der Waals surface area contributed by atoms with Gasteiger partial charge >= 0.3 is 0 Å². The Balaban J connectivity index is 1.79. The standard InChI is InChI=1S/C21H28Cl2N4O2/c1-3-4-5-6-7-8-9-12-29-17-11-10-16(18(22)13-17)14-24-26-19-15-25-27(2)21(28)20(19)23/h10-11,13-15,26H,3-9,12H2,1-2H3/b24-14-. The number of anilines is 1. The highest BCUT2D eigenvalue weighted by molar-refractivity contribution is 6.33. The van der Waals surface area contributed by atoms with Crippen LogP contribution in [0.4, 0.5) is 5.69 Å². The van der Waals surface area contributed by atoms with Crippen LogP contribution in [0, 0.1) is 0 Å². The van der Waals surface area contributed by atoms with Crippen LogP contribution in [0.15, 0.2) is 34.3 Å². The highest BCUT2D eigenvalue weighted by Crippen LogP contribution is 2.22. The molecule has 0 saturated carbocycles. The molecular weight excluding hydrogens is 411 g/mol. The molecule has 8 heteroatoms. The second kappa shape index (κ2) is 12.5. The monoisotopic (exact) mass is 438 g/mol. The Hall–Kier alpha value is -2.05. The zero-order valence-electron chi connectivity index (χ0n) is 17.0. The Bertz CT molecular complexity index is 868. The minimum atomic E-state index is -0.396. The van der Waals surface area contributed by atoms with E-state index < -0.39 is 5.56 Å². The van der Waals surface area contributed by atoms with Gasteiger partial charge in [0.1, 0.15) is 16.5 Å². The van der Waals surface area contributed by atoms with Gasteiger partial charge in [0, 0.05) is 12.6 Å². The quantitative estimate of drug-likeness (QED) is 0.263. The third-order valence-electron chi connectivity index (χ3n) is 4.46. The summed E-state index contributed by atoms with van der Waals surface area (Å²) in [6.45, 7) is 2.92. The van der Waals surface area contributed by atoms with E-state index in [2.05, 4.69) is 22.5 Å². The minimum Gasteiger partial charge on any atom is -0.494 e. The molecule has 29 heavy (non-hydrogen) atoms. The average Bonchev–Trinajstić information content (AvgIpc) is 2.71. The van der Waals surface area contributed by atoms with Crippen molar-refractivity contribution in [3.8, 4) is 5.75 Å². The minimum absolute atomic E-state index is 0.0276. The van der Waals surface area contributed by atoms with Crippen LogP contribution in [0.2, 0.25) is 10.0 Å². The van der Waals surface area contributed by atoms with E-state index in [0.717, 1.165) is 22.4 Å². The normalized spacial score (nSPS) is 11.2. The van der Waals surface area contributed by atoms with Crippen molar-refractivity contribution in [1.82, 2.24) is 9.78 Å². The smallest absolute Gasteiger partial charge is 0.287 e. The first-order valence-corrected chi connectivity index (χ1v) is 10.7. The van der Waals surface area contributed by atoms with Gasteiger partial charge in [0.15, 0.2) is 0 Å². The Morgan fingerprint density at radius 3 is 2.62 bits per heavy atom. The van der Waals surface area contributed by atoms with E-state index in [4.69, 9.17) is 27.9 Å². The molecule has 0 bridgehead atoms. The Labute approximate surface area is 181 Å². The predicted octanol–water partition coefficient (Wildman–Crippen LogP) is 5.66. The van der Waals surface area contributed by atoms with Crippen molar-refractivity contribution in [1.29, 1.82) is 0 Å². The van der Waals surface area contributed by atoms with Crippen LogP contribution >= 0.6 is 23.2 Å². The van der Waals surface area contributed by atoms with Crippen molar-refractivity contribution in [3.63, 3.8) is 0 Å². The molecular formula is C21H28Cl2N4O2. The number of hydrazone groups is 1. The SMILES string of the molecule is CCCCCCCCCOc1ccc(/C=N\Nc2cnn(C)c(=O)c2Cl)c(Cl)c1. The van der Waals surface area contributed by atoms with Crippen molar-refractivity contribution in [3.05, 3.63) is 50.4 Å². The zero-order chi connectivity index (χ0) is 21.1. The third-order valence-corrected chi connectivity index (χ3v) is 5.15. The Morgan fingerprint density at radius 1 is 1.17 bits per heavy atom. The predicted molar refractivity (Wildman–Crippen MR) is 121 cm³/mol. The fourth-order valence-corrected chi connectivity index (χ4v) is 3.14. The van der Waals surface area contributed by atoms with Crippen molar-refractivity contribution in [2.45, 2.75) is 51.9 Å². The van der Waals surface area contributed by atoms with E-state index in [1.807, 2.05) is 12.1 Å². The summed E-state index contributed by atoms with van der Waals surface area (Å²) in [7, 11) is 1.53. The molecule has 0 aliphatic heterocycles. The lowest BCUT2D eigenvalue weighted by molar-refractivity contribution is 0.304. The first kappa shape index (κ1) is 23.2. The molecule has 0 fully saturated rings. The number of unbranched alkanes of at least 4 members (excludes halogenated alkanes) is 6. The highest BCUT2D eigenvalue weighted by Gasteiger charge is 2.06. The van der Waals surface area contributed by atoms with E-state index in [9.17, 15) is 4.79 Å². The van der Waals surface area contributed by atoms with Gasteiger partial charge < -0.3 is 4.74 Å². The molecule has 0 unspecified atom stereocenters. The fraction of sp³-hybridized carbons (Fsp3) is 0.476. The number of benzene rings is 1. The van der Waals surface area contributed by atoms with Gasteiger partial charge in [-0.25, -0.2) is 4.68 Å². The number of nitrogens with one attached hydrogen (secondary N) is 1. The summed E-state index contributed by atoms with van der Waals surface area (Å²) in [6.07, 6.45) is 11.7. The lowest BCUT2D eigenvalue weighted by Crippen LogP contribution is -2.20. The molecule has 1 aromatic heterocycles. The molecule has 1 aromatic carbocycles. The molecule has 0 amide bonds. The zero-order valence-corrected chi connectivity index (χ0v) is 18.5. The summed E-state index contributed by atoms with van der Waals surface area (Å²) in [5, 5.41) is 8.53. The summed E-state index contributed by atoms with van der Waals surface area (Å²) in [4.78, 5) is 11.7. The second-order valence-electron chi connectivity index (χ2n) is 6.82. The molecule has 0 saturated heterocycles. The van der Waals surface area contributed by atoms with E-state index in [0.29, 0.717) is 17.3 Å². The molecule has 2 rings (SSSR count). The van der Waals surface area contributed by atoms with Crippen LogP contribution in [0.5, 0.6) is 5.75 Å². The van der Waals surface area contributed by atoms with Crippen molar-refractivity contribution in [2.75, 3.05) is 12.0 Å². The number of hydrogen-bond acceptors (Lipinski definition) is 5. The first-order valence-electron chi connectivity index (χ1n) is 9.96. The maximum absolute atomic E-state index is 11.7. The first-order chi connectivity index (χ1) is 14.0. The summed E-state index contributed by atoms with van der Waals surface area (Å²) in [5.74, 6) is 0.741. The highest BCUT2D eigenvalue weighted by atomic mass is 35.5. The molecule has 6 nitrogen and oxygen atoms in total. The van der Waals surface area contributed by atoms with Gasteiger partial charge in [0.25, 0.3) is 5.56 Å². The number of aryl methyl sites for hydroxylation is 1. The van der Waals surface area contributed by atoms with Gasteiger partial charge in [0.2, 0.25) is 0 Å². The molecule has 0 aliphatic rings. The van der Waals surface area contributed by atoms with Crippen LogP contribution in [-0.2, 0) is 7.05 Å². The summed E-state index contributed by atoms with van der Waals surface area (Å²) >= 11 is 12.3. The van der Waals surface area contributed by atoms with Gasteiger partial charge in [-0.2, -0.15) is 10.2 Å². The lowest BCUT2D eigenvalue weighted by atomic mass is 10.1. The average molecular weight is 439 g/mol. The second-order valence-corrected chi connectivity index (χ2v) is 7.61. The lowest BCUT2D eigenvalue weighted by Gasteiger charge is -2.08. The summed E-state index contributed by atoms with van der Waals surface area (Å²) < 4.78 is 6.93. The maximum Gasteiger partial charge on any atom is 0.287 e. The van der Waals surface area contributed by atoms with Crippen LogP contribution in [0.1, 0.15) is 57.4 Å². The Kier molecular flexibility index (Phi) is 10.0. The van der Waals surface area contributed by atoms with Gasteiger partial charge in [-0.1, -0.05) is 68.7 Å². The maximum atomic E-state index is 11.7. The van der Waals surface area contributed by atoms with E-state index in [-0.39, 0.29) is 5.02 Å². The summed E-state index contributed by atoms with van der Waals surface area (Å²) in [5.41, 5.74) is 3.36. The number of aromatic nitrogens is 2. The van der Waals surface area contributed by atoms with Gasteiger partial charge in [-0.05, 0) is 24.6 Å². The number of hydrogen-bond donors (Lipinski definition) is 1. The molecule has 1 N–H and O–H groups in total. The molecule has 1 heterocycles. The van der Waals surface area contributed by atoms with E-state index >= 15 is 0 Å². The number of ether oxygens (including phenoxy) is 1. The Morgan fingerprint density at radius 2 is 1.90 bits per heavy atom. The fourth-order valence-electron chi connectivity index (χ4n) is 2.71. The van der Waals surface area contributed by atoms with Crippen LogP contribution in [-0.4, -0.2) is 22.6 Å². The largest absolute Gasteiger partial charge is 0.494 e. The van der Waals surface area contributed by atoms with Crippen molar-refractivity contribution in [2.24, 2.45) is 12.1 Å². The van der Waals surface area contributed by atoms with Crippen LogP contribution in [0.3, 0.4) is 0 Å². The molecule has 0 spiro atoms. The topological polar surface area (TPSA) is 68.5 Å². The number of halogens is 2. The van der Waals surface area contributed by atoms with Crippen LogP contribution < -0.4 is 15.7 Å². The van der Waals surface area contributed by atoms with Crippen molar-refractivity contribution < 1.29 is 4.74 Å². The van der Waals surface area contributed by atoms with Gasteiger partial charge in [-0.15, -0.1) is 0 Å². The number of nitrogens with zero attached hydrogens (tertiary/aromatic N) is 3. The van der Waals surface area contributed by atoms with E-state index in [1.54, 1.807) is 12.3 Å². The molecule has 0 aliphatic carbocycles.